The predicted molar refractivity (Wildman–Crippen MR) is 99.8 cm³/mol. The number of fused-ring (bicyclic) bond motifs is 2. The summed E-state index contributed by atoms with van der Waals surface area (Å²) in [6.45, 7) is 1.35. The Morgan fingerprint density at radius 3 is 2.64 bits per heavy atom. The molecule has 1 aliphatic carbocycles. The van der Waals surface area contributed by atoms with Crippen LogP contribution >= 0.6 is 0 Å². The third-order valence-corrected chi connectivity index (χ3v) is 5.37. The third kappa shape index (κ3) is 3.43. The van der Waals surface area contributed by atoms with Gasteiger partial charge >= 0.3 is 6.18 Å². The molecule has 1 saturated carbocycles. The Bertz CT molecular complexity index is 1040. The number of hydrogen-bond acceptors (Lipinski definition) is 3. The van der Waals surface area contributed by atoms with E-state index in [1.165, 1.54) is 0 Å². The number of hydrogen-bond donors (Lipinski definition) is 1. The van der Waals surface area contributed by atoms with E-state index >= 15 is 0 Å². The lowest BCUT2D eigenvalue weighted by Gasteiger charge is -2.22. The molecule has 0 atom stereocenters. The fraction of sp³-hybridized carbons (Fsp3) is 0.450. The molecule has 0 aliphatic heterocycles. The highest BCUT2D eigenvalue weighted by Gasteiger charge is 2.38. The molecule has 28 heavy (non-hydrogen) atoms. The molecule has 1 amide bonds. The number of nitrogens with zero attached hydrogens (tertiary/aromatic N) is 3. The lowest BCUT2D eigenvalue weighted by atomic mass is 9.95. The maximum atomic E-state index is 13.6. The van der Waals surface area contributed by atoms with Gasteiger partial charge in [-0.15, -0.1) is 0 Å². The molecule has 5 nitrogen and oxygen atoms in total. The van der Waals surface area contributed by atoms with E-state index < -0.39 is 11.9 Å². The maximum absolute atomic E-state index is 13.6. The van der Waals surface area contributed by atoms with Crippen LogP contribution in [0.4, 0.5) is 13.2 Å². The van der Waals surface area contributed by atoms with E-state index in [0.717, 1.165) is 36.8 Å². The first-order chi connectivity index (χ1) is 13.3. The Labute approximate surface area is 159 Å². The van der Waals surface area contributed by atoms with Crippen LogP contribution in [0.3, 0.4) is 0 Å². The molecule has 2 aromatic heterocycles. The highest BCUT2D eigenvalue weighted by Crippen LogP contribution is 2.37. The van der Waals surface area contributed by atoms with Gasteiger partial charge in [-0.25, -0.2) is 9.67 Å². The highest BCUT2D eigenvalue weighted by atomic mass is 19.4. The first kappa shape index (κ1) is 18.7. The number of halogens is 3. The molecule has 1 aliphatic rings. The average Bonchev–Trinajstić information content (AvgIpc) is 3.02. The summed E-state index contributed by atoms with van der Waals surface area (Å²) in [6, 6.07) is 7.11. The second-order valence-corrected chi connectivity index (χ2v) is 7.36. The van der Waals surface area contributed by atoms with Gasteiger partial charge in [-0.2, -0.15) is 18.3 Å². The summed E-state index contributed by atoms with van der Waals surface area (Å²) in [5.74, 6) is -0.336. The van der Waals surface area contributed by atoms with Crippen molar-refractivity contribution in [1.29, 1.82) is 0 Å². The number of aromatic nitrogens is 3. The average molecular weight is 390 g/mol. The standard InChI is InChI=1S/C20H21F3N4O/c1-12-14-9-5-6-10-15(14)25-19-17(12)18(20(21,22)23)26-27(19)11-16(28)24-13-7-3-2-4-8-13/h5-6,9-10,13H,2-4,7-8,11H2,1H3,(H,24,28). The lowest BCUT2D eigenvalue weighted by Crippen LogP contribution is -2.38. The number of aryl methyl sites for hydroxylation is 1. The molecule has 1 fully saturated rings. The molecule has 1 N–H and O–H groups in total. The largest absolute Gasteiger partial charge is 0.435 e. The topological polar surface area (TPSA) is 59.8 Å². The summed E-state index contributed by atoms with van der Waals surface area (Å²) in [5.41, 5.74) is 0.132. The van der Waals surface area contributed by atoms with Crippen LogP contribution in [0.1, 0.15) is 43.4 Å². The molecule has 148 valence electrons. The number of carbonyl (C=O) groups excluding carboxylic acids is 1. The molecule has 3 aromatic rings. The summed E-state index contributed by atoms with van der Waals surface area (Å²) < 4.78 is 41.9. The van der Waals surface area contributed by atoms with Crippen LogP contribution in [-0.4, -0.2) is 26.7 Å². The van der Waals surface area contributed by atoms with E-state index in [9.17, 15) is 18.0 Å². The van der Waals surface area contributed by atoms with E-state index in [2.05, 4.69) is 15.4 Å². The normalized spacial score (nSPS) is 16.0. The maximum Gasteiger partial charge on any atom is 0.435 e. The molecule has 0 bridgehead atoms. The Balaban J connectivity index is 1.76. The highest BCUT2D eigenvalue weighted by molar-refractivity contribution is 5.97. The van der Waals surface area contributed by atoms with Gasteiger partial charge in [-0.3, -0.25) is 4.79 Å². The van der Waals surface area contributed by atoms with Gasteiger partial charge < -0.3 is 5.32 Å². The van der Waals surface area contributed by atoms with Crippen molar-refractivity contribution in [2.75, 3.05) is 0 Å². The molecule has 8 heteroatoms. The van der Waals surface area contributed by atoms with Gasteiger partial charge in [0.15, 0.2) is 11.3 Å². The summed E-state index contributed by atoms with van der Waals surface area (Å²) in [5, 5.41) is 7.27. The van der Waals surface area contributed by atoms with E-state index in [1.807, 2.05) is 0 Å². The zero-order valence-electron chi connectivity index (χ0n) is 15.5. The SMILES string of the molecule is Cc1c2ccccc2nc2c1c(C(F)(F)F)nn2CC(=O)NC1CCCCC1. The summed E-state index contributed by atoms with van der Waals surface area (Å²) >= 11 is 0. The van der Waals surface area contributed by atoms with Crippen LogP contribution in [0, 0.1) is 6.92 Å². The first-order valence-electron chi connectivity index (χ1n) is 9.47. The lowest BCUT2D eigenvalue weighted by molar-refractivity contribution is -0.140. The molecule has 0 spiro atoms. The van der Waals surface area contributed by atoms with Crippen molar-refractivity contribution in [2.24, 2.45) is 0 Å². The molecular weight excluding hydrogens is 369 g/mol. The second kappa shape index (κ2) is 7.07. The van der Waals surface area contributed by atoms with E-state index in [1.54, 1.807) is 31.2 Å². The molecule has 4 rings (SSSR count). The summed E-state index contributed by atoms with van der Waals surface area (Å²) in [4.78, 5) is 16.8. The van der Waals surface area contributed by atoms with Crippen LogP contribution in [-0.2, 0) is 17.5 Å². The minimum absolute atomic E-state index is 0.0448. The minimum atomic E-state index is -4.63. The Kier molecular flexibility index (Phi) is 4.72. The molecular formula is C20H21F3N4O. The second-order valence-electron chi connectivity index (χ2n) is 7.36. The molecule has 0 radical (unpaired) electrons. The zero-order chi connectivity index (χ0) is 19.9. The van der Waals surface area contributed by atoms with Gasteiger partial charge in [-0.1, -0.05) is 37.5 Å². The smallest absolute Gasteiger partial charge is 0.352 e. The van der Waals surface area contributed by atoms with Gasteiger partial charge in [-0.05, 0) is 31.4 Å². The predicted octanol–water partition coefficient (Wildman–Crippen LogP) is 4.36. The monoisotopic (exact) mass is 390 g/mol. The van der Waals surface area contributed by atoms with Crippen LogP contribution < -0.4 is 5.32 Å². The van der Waals surface area contributed by atoms with Crippen molar-refractivity contribution in [3.63, 3.8) is 0 Å². The van der Waals surface area contributed by atoms with Gasteiger partial charge in [0.1, 0.15) is 6.54 Å². The van der Waals surface area contributed by atoms with Crippen molar-refractivity contribution >= 4 is 27.8 Å². The fourth-order valence-electron chi connectivity index (χ4n) is 4.01. The Hall–Kier alpha value is -2.64. The zero-order valence-corrected chi connectivity index (χ0v) is 15.5. The molecule has 0 unspecified atom stereocenters. The van der Waals surface area contributed by atoms with Crippen LogP contribution in [0.2, 0.25) is 0 Å². The van der Waals surface area contributed by atoms with Crippen LogP contribution in [0.15, 0.2) is 24.3 Å². The quantitative estimate of drug-likeness (QED) is 0.723. The number of rotatable bonds is 3. The number of pyridine rings is 1. The number of carbonyl (C=O) groups is 1. The van der Waals surface area contributed by atoms with Crippen LogP contribution in [0.25, 0.3) is 21.9 Å². The fourth-order valence-corrected chi connectivity index (χ4v) is 4.01. The number of alkyl halides is 3. The van der Waals surface area contributed by atoms with Gasteiger partial charge in [0.2, 0.25) is 5.91 Å². The Morgan fingerprint density at radius 1 is 1.21 bits per heavy atom. The third-order valence-electron chi connectivity index (χ3n) is 5.37. The van der Waals surface area contributed by atoms with Crippen LogP contribution in [0.5, 0.6) is 0 Å². The van der Waals surface area contributed by atoms with E-state index in [0.29, 0.717) is 16.5 Å². The Morgan fingerprint density at radius 2 is 1.93 bits per heavy atom. The van der Waals surface area contributed by atoms with Crippen molar-refractivity contribution in [3.8, 4) is 0 Å². The van der Waals surface area contributed by atoms with Crippen molar-refractivity contribution < 1.29 is 18.0 Å². The number of amides is 1. The minimum Gasteiger partial charge on any atom is -0.352 e. The van der Waals surface area contributed by atoms with Crippen molar-refractivity contribution in [3.05, 3.63) is 35.5 Å². The van der Waals surface area contributed by atoms with Crippen molar-refractivity contribution in [1.82, 2.24) is 20.1 Å². The van der Waals surface area contributed by atoms with Gasteiger partial charge in [0.25, 0.3) is 0 Å². The number of nitrogens with one attached hydrogen (secondary N) is 1. The molecule has 2 heterocycles. The number of para-hydroxylation sites is 1. The van der Waals surface area contributed by atoms with E-state index in [-0.39, 0.29) is 29.5 Å². The summed E-state index contributed by atoms with van der Waals surface area (Å²) in [7, 11) is 0. The van der Waals surface area contributed by atoms with Crippen molar-refractivity contribution in [2.45, 2.75) is 57.8 Å². The van der Waals surface area contributed by atoms with Gasteiger partial charge in [0.05, 0.1) is 10.9 Å². The molecule has 1 aromatic carbocycles. The summed E-state index contributed by atoms with van der Waals surface area (Å²) in [6.07, 6.45) is 0.448. The van der Waals surface area contributed by atoms with Gasteiger partial charge in [0, 0.05) is 11.4 Å². The first-order valence-corrected chi connectivity index (χ1v) is 9.47. The molecule has 0 saturated heterocycles. The number of benzene rings is 1. The van der Waals surface area contributed by atoms with E-state index in [4.69, 9.17) is 0 Å².